The first-order chi connectivity index (χ1) is 14.0. The molecule has 1 aromatic carbocycles. The molecule has 1 aliphatic carbocycles. The maximum Gasteiger partial charge on any atom is 0.341 e. The SMILES string of the molecule is CCN1C(=O)c2c(OCc3ccccc3)c(=O)c(C(=O)O)cn2[C@@H]2CCCC[C@@H]21. The van der Waals surface area contributed by atoms with E-state index in [-0.39, 0.29) is 41.6 Å². The number of carbonyl (C=O) groups excluding carboxylic acids is 1. The van der Waals surface area contributed by atoms with Crippen molar-refractivity contribution in [2.24, 2.45) is 0 Å². The molecule has 1 amide bonds. The van der Waals surface area contributed by atoms with Gasteiger partial charge in [-0.2, -0.15) is 0 Å². The zero-order valence-corrected chi connectivity index (χ0v) is 16.3. The Hall–Kier alpha value is -3.09. The van der Waals surface area contributed by atoms with Crippen molar-refractivity contribution in [2.75, 3.05) is 6.54 Å². The first-order valence-electron chi connectivity index (χ1n) is 10.0. The number of hydrogen-bond acceptors (Lipinski definition) is 4. The number of aromatic nitrogens is 1. The van der Waals surface area contributed by atoms with E-state index in [2.05, 4.69) is 0 Å². The molecule has 2 aliphatic rings. The van der Waals surface area contributed by atoms with Crippen LogP contribution in [-0.4, -0.2) is 39.0 Å². The molecular weight excluding hydrogens is 372 g/mol. The average molecular weight is 396 g/mol. The smallest absolute Gasteiger partial charge is 0.341 e. The number of fused-ring (bicyclic) bond motifs is 3. The molecule has 0 bridgehead atoms. The molecule has 0 spiro atoms. The van der Waals surface area contributed by atoms with Crippen molar-refractivity contribution in [1.29, 1.82) is 0 Å². The number of nitrogens with zero attached hydrogens (tertiary/aromatic N) is 2. The number of aromatic carboxylic acids is 1. The van der Waals surface area contributed by atoms with E-state index in [9.17, 15) is 19.5 Å². The van der Waals surface area contributed by atoms with Gasteiger partial charge in [0.05, 0.1) is 12.1 Å². The third kappa shape index (κ3) is 3.30. The van der Waals surface area contributed by atoms with Crippen LogP contribution in [-0.2, 0) is 6.61 Å². The maximum atomic E-state index is 13.3. The lowest BCUT2D eigenvalue weighted by Gasteiger charge is -2.45. The van der Waals surface area contributed by atoms with Crippen LogP contribution >= 0.6 is 0 Å². The Bertz CT molecular complexity index is 998. The number of carbonyl (C=O) groups is 2. The van der Waals surface area contributed by atoms with Gasteiger partial charge < -0.3 is 19.3 Å². The predicted molar refractivity (Wildman–Crippen MR) is 106 cm³/mol. The summed E-state index contributed by atoms with van der Waals surface area (Å²) in [6.07, 6.45) is 5.08. The van der Waals surface area contributed by atoms with Gasteiger partial charge in [0.2, 0.25) is 5.43 Å². The Morgan fingerprint density at radius 1 is 1.14 bits per heavy atom. The molecule has 1 N–H and O–H groups in total. The number of hydrogen-bond donors (Lipinski definition) is 1. The lowest BCUT2D eigenvalue weighted by Crippen LogP contribution is -2.53. The van der Waals surface area contributed by atoms with E-state index in [4.69, 9.17) is 4.74 Å². The number of ether oxygens (including phenoxy) is 1. The highest BCUT2D eigenvalue weighted by atomic mass is 16.5. The number of carboxylic acid groups (broad SMARTS) is 1. The molecule has 7 nitrogen and oxygen atoms in total. The second kappa shape index (κ2) is 7.73. The summed E-state index contributed by atoms with van der Waals surface area (Å²) in [4.78, 5) is 39.8. The van der Waals surface area contributed by atoms with Gasteiger partial charge >= 0.3 is 5.97 Å². The monoisotopic (exact) mass is 396 g/mol. The standard InChI is InChI=1S/C22H24N2O5/c1-2-23-16-10-6-7-11-17(16)24-12-15(22(27)28)19(25)20(18(24)21(23)26)29-13-14-8-4-3-5-9-14/h3-5,8-9,12,16-17H,2,6-7,10-11,13H2,1H3,(H,27,28)/t16-,17+/m0/s1. The quantitative estimate of drug-likeness (QED) is 0.839. The number of amides is 1. The second-order valence-electron chi connectivity index (χ2n) is 7.55. The Labute approximate surface area is 168 Å². The molecule has 1 aliphatic heterocycles. The largest absolute Gasteiger partial charge is 0.483 e. The first-order valence-corrected chi connectivity index (χ1v) is 10.0. The molecular formula is C22H24N2O5. The van der Waals surface area contributed by atoms with E-state index in [1.165, 1.54) is 6.20 Å². The van der Waals surface area contributed by atoms with Crippen LogP contribution in [0.15, 0.2) is 41.3 Å². The number of pyridine rings is 1. The molecule has 1 fully saturated rings. The van der Waals surface area contributed by atoms with Gasteiger partial charge in [-0.15, -0.1) is 0 Å². The fraction of sp³-hybridized carbons (Fsp3) is 0.409. The van der Waals surface area contributed by atoms with E-state index in [1.54, 1.807) is 9.47 Å². The Balaban J connectivity index is 1.86. The minimum Gasteiger partial charge on any atom is -0.483 e. The summed E-state index contributed by atoms with van der Waals surface area (Å²) < 4.78 is 7.51. The fourth-order valence-electron chi connectivity index (χ4n) is 4.54. The number of rotatable bonds is 5. The van der Waals surface area contributed by atoms with Gasteiger partial charge in [-0.05, 0) is 25.3 Å². The number of likely N-dealkylation sites (N-methyl/N-ethyl adjacent to an activating group) is 1. The summed E-state index contributed by atoms with van der Waals surface area (Å²) in [5, 5.41) is 9.57. The highest BCUT2D eigenvalue weighted by molar-refractivity contribution is 5.98. The molecule has 0 unspecified atom stereocenters. The van der Waals surface area contributed by atoms with Gasteiger partial charge in [0, 0.05) is 12.7 Å². The van der Waals surface area contributed by atoms with Crippen molar-refractivity contribution in [1.82, 2.24) is 9.47 Å². The van der Waals surface area contributed by atoms with Crippen molar-refractivity contribution in [3.8, 4) is 5.75 Å². The molecule has 152 valence electrons. The minimum absolute atomic E-state index is 0.0138. The third-order valence-corrected chi connectivity index (χ3v) is 5.90. The van der Waals surface area contributed by atoms with Crippen LogP contribution in [0.4, 0.5) is 0 Å². The Morgan fingerprint density at radius 2 is 1.83 bits per heavy atom. The molecule has 29 heavy (non-hydrogen) atoms. The van der Waals surface area contributed by atoms with Crippen molar-refractivity contribution in [3.05, 3.63) is 63.6 Å². The molecule has 1 aromatic heterocycles. The highest BCUT2D eigenvalue weighted by Crippen LogP contribution is 2.39. The van der Waals surface area contributed by atoms with Crippen LogP contribution in [0.1, 0.15) is 65.1 Å². The van der Waals surface area contributed by atoms with Crippen LogP contribution in [0.5, 0.6) is 5.75 Å². The van der Waals surface area contributed by atoms with Crippen LogP contribution in [0.2, 0.25) is 0 Å². The van der Waals surface area contributed by atoms with E-state index >= 15 is 0 Å². The summed E-state index contributed by atoms with van der Waals surface area (Å²) in [6, 6.07) is 9.24. The zero-order valence-electron chi connectivity index (χ0n) is 16.3. The molecule has 4 rings (SSSR count). The van der Waals surface area contributed by atoms with Crippen LogP contribution < -0.4 is 10.2 Å². The van der Waals surface area contributed by atoms with Gasteiger partial charge in [-0.1, -0.05) is 43.2 Å². The van der Waals surface area contributed by atoms with Crippen molar-refractivity contribution in [3.63, 3.8) is 0 Å². The minimum atomic E-state index is -1.31. The van der Waals surface area contributed by atoms with Gasteiger partial charge in [-0.3, -0.25) is 9.59 Å². The summed E-state index contributed by atoms with van der Waals surface area (Å²) in [6.45, 7) is 2.54. The Morgan fingerprint density at radius 3 is 2.48 bits per heavy atom. The van der Waals surface area contributed by atoms with Crippen LogP contribution in [0.3, 0.4) is 0 Å². The molecule has 1 saturated carbocycles. The van der Waals surface area contributed by atoms with Crippen molar-refractivity contribution in [2.45, 2.75) is 51.3 Å². The van der Waals surface area contributed by atoms with Crippen LogP contribution in [0, 0.1) is 0 Å². The first kappa shape index (κ1) is 19.2. The average Bonchev–Trinajstić information content (AvgIpc) is 2.73. The lowest BCUT2D eigenvalue weighted by molar-refractivity contribution is 0.0435. The molecule has 2 atom stereocenters. The van der Waals surface area contributed by atoms with Crippen molar-refractivity contribution >= 4 is 11.9 Å². The van der Waals surface area contributed by atoms with Gasteiger partial charge in [-0.25, -0.2) is 4.79 Å². The third-order valence-electron chi connectivity index (χ3n) is 5.90. The van der Waals surface area contributed by atoms with Crippen molar-refractivity contribution < 1.29 is 19.4 Å². The predicted octanol–water partition coefficient (Wildman–Crippen LogP) is 3.08. The van der Waals surface area contributed by atoms with E-state index in [0.29, 0.717) is 6.54 Å². The number of benzene rings is 1. The molecule has 0 radical (unpaired) electrons. The number of carboxylic acids is 1. The summed E-state index contributed by atoms with van der Waals surface area (Å²) in [7, 11) is 0. The molecule has 0 saturated heterocycles. The normalized spacial score (nSPS) is 20.7. The van der Waals surface area contributed by atoms with Gasteiger partial charge in [0.15, 0.2) is 11.4 Å². The fourth-order valence-corrected chi connectivity index (χ4v) is 4.54. The summed E-state index contributed by atoms with van der Waals surface area (Å²) in [5.74, 6) is -1.75. The van der Waals surface area contributed by atoms with Gasteiger partial charge in [0.1, 0.15) is 12.2 Å². The molecule has 2 heterocycles. The topological polar surface area (TPSA) is 88.8 Å². The van der Waals surface area contributed by atoms with E-state index in [0.717, 1.165) is 31.2 Å². The van der Waals surface area contributed by atoms with Crippen LogP contribution in [0.25, 0.3) is 0 Å². The molecule has 2 aromatic rings. The van der Waals surface area contributed by atoms with Gasteiger partial charge in [0.25, 0.3) is 5.91 Å². The lowest BCUT2D eigenvalue weighted by atomic mass is 9.86. The van der Waals surface area contributed by atoms with E-state index < -0.39 is 11.4 Å². The Kier molecular flexibility index (Phi) is 5.13. The maximum absolute atomic E-state index is 13.3. The zero-order chi connectivity index (χ0) is 20.5. The summed E-state index contributed by atoms with van der Waals surface area (Å²) in [5.41, 5.74) is -0.115. The summed E-state index contributed by atoms with van der Waals surface area (Å²) >= 11 is 0. The van der Waals surface area contributed by atoms with E-state index in [1.807, 2.05) is 37.3 Å². The highest BCUT2D eigenvalue weighted by Gasteiger charge is 2.42. The molecule has 7 heteroatoms. The second-order valence-corrected chi connectivity index (χ2v) is 7.55.